The standard InChI is InChI=1S/C22H29N3O5S2/c1-17-7-8-18(2)21(15-17)25(31(3,27)28)16-22(26)23-19-9-11-20(12-10-19)32(29,30)24-13-5-4-6-14-24/h7-12,15H,4-6,13-14,16H2,1-3H3,(H,23,26). The number of carbonyl (C=O) groups excluding carboxylic acids is 1. The van der Waals surface area contributed by atoms with Crippen LogP contribution >= 0.6 is 0 Å². The second-order valence-corrected chi connectivity index (χ2v) is 11.9. The molecule has 1 aliphatic heterocycles. The van der Waals surface area contributed by atoms with Crippen LogP contribution in [0.4, 0.5) is 11.4 Å². The van der Waals surface area contributed by atoms with Crippen molar-refractivity contribution in [3.8, 4) is 0 Å². The Hall–Kier alpha value is -2.43. The van der Waals surface area contributed by atoms with Crippen LogP contribution in [0.25, 0.3) is 0 Å². The molecule has 0 unspecified atom stereocenters. The fourth-order valence-electron chi connectivity index (χ4n) is 3.66. The lowest BCUT2D eigenvalue weighted by atomic mass is 10.1. The van der Waals surface area contributed by atoms with Gasteiger partial charge >= 0.3 is 0 Å². The number of aryl methyl sites for hydroxylation is 2. The summed E-state index contributed by atoms with van der Waals surface area (Å²) in [6, 6.07) is 11.3. The van der Waals surface area contributed by atoms with E-state index >= 15 is 0 Å². The minimum absolute atomic E-state index is 0.172. The van der Waals surface area contributed by atoms with Crippen LogP contribution in [0.1, 0.15) is 30.4 Å². The van der Waals surface area contributed by atoms with E-state index in [0.717, 1.165) is 41.0 Å². The SMILES string of the molecule is Cc1ccc(C)c(N(CC(=O)Nc2ccc(S(=O)(=O)N3CCCCC3)cc2)S(C)(=O)=O)c1. The second kappa shape index (κ2) is 9.60. The summed E-state index contributed by atoms with van der Waals surface area (Å²) < 4.78 is 52.8. The number of hydrogen-bond donors (Lipinski definition) is 1. The van der Waals surface area contributed by atoms with Gasteiger partial charge in [-0.25, -0.2) is 16.8 Å². The summed E-state index contributed by atoms with van der Waals surface area (Å²) in [5.41, 5.74) is 2.46. The van der Waals surface area contributed by atoms with Crippen LogP contribution < -0.4 is 9.62 Å². The maximum atomic E-state index is 12.8. The van der Waals surface area contributed by atoms with Crippen molar-refractivity contribution in [2.45, 2.75) is 38.0 Å². The molecule has 0 atom stereocenters. The van der Waals surface area contributed by atoms with Gasteiger partial charge in [-0.3, -0.25) is 9.10 Å². The van der Waals surface area contributed by atoms with Gasteiger partial charge in [-0.1, -0.05) is 18.6 Å². The summed E-state index contributed by atoms with van der Waals surface area (Å²) >= 11 is 0. The molecule has 32 heavy (non-hydrogen) atoms. The molecule has 2 aromatic carbocycles. The third-order valence-corrected chi connectivity index (χ3v) is 8.45. The van der Waals surface area contributed by atoms with E-state index in [9.17, 15) is 21.6 Å². The number of amides is 1. The molecule has 0 radical (unpaired) electrons. The number of piperidine rings is 1. The molecule has 1 heterocycles. The van der Waals surface area contributed by atoms with Gasteiger partial charge in [-0.15, -0.1) is 0 Å². The zero-order valence-corrected chi connectivity index (χ0v) is 20.2. The lowest BCUT2D eigenvalue weighted by Crippen LogP contribution is -2.38. The van der Waals surface area contributed by atoms with Crippen LogP contribution in [0.3, 0.4) is 0 Å². The van der Waals surface area contributed by atoms with Crippen molar-refractivity contribution in [1.82, 2.24) is 4.31 Å². The average molecular weight is 480 g/mol. The molecule has 1 saturated heterocycles. The Kier molecular flexibility index (Phi) is 7.26. The van der Waals surface area contributed by atoms with Gasteiger partial charge in [0.25, 0.3) is 0 Å². The van der Waals surface area contributed by atoms with E-state index in [0.29, 0.717) is 24.5 Å². The van der Waals surface area contributed by atoms with Gasteiger partial charge in [0.1, 0.15) is 6.54 Å². The smallest absolute Gasteiger partial charge is 0.245 e. The molecule has 10 heteroatoms. The van der Waals surface area contributed by atoms with Crippen LogP contribution in [0.5, 0.6) is 0 Å². The number of nitrogens with one attached hydrogen (secondary N) is 1. The Labute approximate surface area is 190 Å². The number of hydrogen-bond acceptors (Lipinski definition) is 5. The molecule has 0 saturated carbocycles. The lowest BCUT2D eigenvalue weighted by molar-refractivity contribution is -0.114. The number of nitrogens with zero attached hydrogens (tertiary/aromatic N) is 2. The zero-order chi connectivity index (χ0) is 23.5. The molecule has 1 aliphatic rings. The van der Waals surface area contributed by atoms with E-state index in [2.05, 4.69) is 5.32 Å². The summed E-state index contributed by atoms with van der Waals surface area (Å²) in [7, 11) is -7.25. The maximum absolute atomic E-state index is 12.8. The molecule has 3 rings (SSSR count). The van der Waals surface area contributed by atoms with Gasteiger partial charge in [0.15, 0.2) is 0 Å². The topological polar surface area (TPSA) is 104 Å². The van der Waals surface area contributed by atoms with Crippen LogP contribution in [-0.4, -0.2) is 52.9 Å². The van der Waals surface area contributed by atoms with Crippen LogP contribution in [0.15, 0.2) is 47.4 Å². The number of anilines is 2. The molecule has 1 amide bonds. The van der Waals surface area contributed by atoms with Gasteiger partial charge in [0.05, 0.1) is 16.8 Å². The number of rotatable bonds is 7. The van der Waals surface area contributed by atoms with E-state index < -0.39 is 32.5 Å². The largest absolute Gasteiger partial charge is 0.325 e. The van der Waals surface area contributed by atoms with Crippen LogP contribution in [0.2, 0.25) is 0 Å². The predicted molar refractivity (Wildman–Crippen MR) is 126 cm³/mol. The van der Waals surface area contributed by atoms with Gasteiger partial charge in [0, 0.05) is 18.8 Å². The van der Waals surface area contributed by atoms with Crippen molar-refractivity contribution in [3.05, 3.63) is 53.6 Å². The highest BCUT2D eigenvalue weighted by atomic mass is 32.2. The van der Waals surface area contributed by atoms with E-state index in [1.807, 2.05) is 19.1 Å². The van der Waals surface area contributed by atoms with Gasteiger partial charge in [-0.05, 0) is 68.1 Å². The summed E-state index contributed by atoms with van der Waals surface area (Å²) in [6.45, 7) is 4.27. The highest BCUT2D eigenvalue weighted by Gasteiger charge is 2.26. The number of carbonyl (C=O) groups is 1. The van der Waals surface area contributed by atoms with Gasteiger partial charge < -0.3 is 5.32 Å². The first-order chi connectivity index (χ1) is 15.0. The van der Waals surface area contributed by atoms with E-state index in [4.69, 9.17) is 0 Å². The fourth-order valence-corrected chi connectivity index (χ4v) is 6.09. The molecule has 1 N–H and O–H groups in total. The minimum Gasteiger partial charge on any atom is -0.325 e. The average Bonchev–Trinajstić information content (AvgIpc) is 2.74. The zero-order valence-electron chi connectivity index (χ0n) is 18.5. The quantitative estimate of drug-likeness (QED) is 0.658. The summed E-state index contributed by atoms with van der Waals surface area (Å²) in [5, 5.41) is 2.65. The molecule has 0 spiro atoms. The first-order valence-electron chi connectivity index (χ1n) is 10.4. The van der Waals surface area contributed by atoms with Crippen molar-refractivity contribution in [1.29, 1.82) is 0 Å². The molecule has 2 aromatic rings. The van der Waals surface area contributed by atoms with Gasteiger partial charge in [-0.2, -0.15) is 4.31 Å². The van der Waals surface area contributed by atoms with E-state index in [1.54, 1.807) is 13.0 Å². The lowest BCUT2D eigenvalue weighted by Gasteiger charge is -2.26. The molecule has 0 aromatic heterocycles. The summed E-state index contributed by atoms with van der Waals surface area (Å²) in [5.74, 6) is -0.525. The Balaban J connectivity index is 1.74. The molecular formula is C22H29N3O5S2. The third kappa shape index (κ3) is 5.67. The Bertz CT molecular complexity index is 1190. The van der Waals surface area contributed by atoms with Crippen molar-refractivity contribution < 1.29 is 21.6 Å². The molecule has 174 valence electrons. The molecule has 1 fully saturated rings. The highest BCUT2D eigenvalue weighted by molar-refractivity contribution is 7.92. The fraction of sp³-hybridized carbons (Fsp3) is 0.409. The molecule has 0 bridgehead atoms. The highest BCUT2D eigenvalue weighted by Crippen LogP contribution is 2.25. The Morgan fingerprint density at radius 1 is 0.969 bits per heavy atom. The normalized spacial score (nSPS) is 15.3. The van der Waals surface area contributed by atoms with Crippen molar-refractivity contribution in [2.24, 2.45) is 0 Å². The van der Waals surface area contributed by atoms with Crippen molar-refractivity contribution in [3.63, 3.8) is 0 Å². The maximum Gasteiger partial charge on any atom is 0.245 e. The molecule has 0 aliphatic carbocycles. The Morgan fingerprint density at radius 3 is 2.19 bits per heavy atom. The first-order valence-corrected chi connectivity index (χ1v) is 13.7. The van der Waals surface area contributed by atoms with Crippen LogP contribution in [-0.2, 0) is 24.8 Å². The Morgan fingerprint density at radius 2 is 1.59 bits per heavy atom. The van der Waals surface area contributed by atoms with E-state index in [1.165, 1.54) is 28.6 Å². The van der Waals surface area contributed by atoms with E-state index in [-0.39, 0.29) is 4.90 Å². The van der Waals surface area contributed by atoms with Gasteiger partial charge in [0.2, 0.25) is 26.0 Å². The van der Waals surface area contributed by atoms with Crippen molar-refractivity contribution >= 4 is 37.3 Å². The third-order valence-electron chi connectivity index (χ3n) is 5.41. The van der Waals surface area contributed by atoms with Crippen LogP contribution in [0, 0.1) is 13.8 Å². The summed E-state index contributed by atoms with van der Waals surface area (Å²) in [4.78, 5) is 12.8. The number of benzene rings is 2. The van der Waals surface area contributed by atoms with Crippen molar-refractivity contribution in [2.75, 3.05) is 35.5 Å². The number of sulfonamides is 2. The molecule has 8 nitrogen and oxygen atoms in total. The second-order valence-electron chi connectivity index (χ2n) is 8.10. The summed E-state index contributed by atoms with van der Waals surface area (Å²) in [6.07, 6.45) is 3.79. The molecular weight excluding hydrogens is 450 g/mol. The first kappa shape index (κ1) is 24.2. The minimum atomic E-state index is -3.70. The predicted octanol–water partition coefficient (Wildman–Crippen LogP) is 2.88. The monoisotopic (exact) mass is 479 g/mol.